The van der Waals surface area contributed by atoms with Crippen LogP contribution < -0.4 is 4.90 Å². The van der Waals surface area contributed by atoms with E-state index in [1.165, 1.54) is 33.8 Å². The maximum atomic E-state index is 6.91. The molecule has 3 aromatic rings. The molecule has 8 heteroatoms. The van der Waals surface area contributed by atoms with Crippen molar-refractivity contribution >= 4 is 23.4 Å². The molecule has 1 aromatic heterocycles. The molecule has 1 saturated heterocycles. The lowest BCUT2D eigenvalue weighted by atomic mass is 9.93. The molecule has 1 unspecified atom stereocenters. The molecule has 238 valence electrons. The molecule has 0 amide bonds. The third-order valence-corrected chi connectivity index (χ3v) is 10.6. The number of fused-ring (bicyclic) bond motifs is 3. The van der Waals surface area contributed by atoms with Gasteiger partial charge in [0.1, 0.15) is 5.15 Å². The second kappa shape index (κ2) is 13.5. The van der Waals surface area contributed by atoms with Crippen molar-refractivity contribution in [3.63, 3.8) is 0 Å². The Balaban J connectivity index is 1.13. The minimum absolute atomic E-state index is 0.237. The van der Waals surface area contributed by atoms with Gasteiger partial charge in [-0.25, -0.2) is 4.68 Å². The zero-order chi connectivity index (χ0) is 31.7. The number of benzene rings is 2. The standard InChI is InChI=1S/C37H48ClN7/c1-7-34-33(37(38)45(39-34)25-29-11-9-8-10-12-29)17-19-41(5)35-16-15-30-13-14-31-26-44(28(3)43-23-21-40(4)22-24-43)20-18-32(31)36(30)42(6)27(35)2/h7-14,35H,1-3,15-26H2,4-6H3. The van der Waals surface area contributed by atoms with Crippen LogP contribution in [0.25, 0.3) is 6.08 Å². The third kappa shape index (κ3) is 6.44. The van der Waals surface area contributed by atoms with Gasteiger partial charge >= 0.3 is 0 Å². The summed E-state index contributed by atoms with van der Waals surface area (Å²) >= 11 is 6.91. The van der Waals surface area contributed by atoms with Crippen molar-refractivity contribution < 1.29 is 0 Å². The fourth-order valence-electron chi connectivity index (χ4n) is 7.29. The van der Waals surface area contributed by atoms with Gasteiger partial charge in [-0.2, -0.15) is 5.10 Å². The molecule has 0 radical (unpaired) electrons. The van der Waals surface area contributed by atoms with Crippen LogP contribution in [0.5, 0.6) is 0 Å². The van der Waals surface area contributed by atoms with Gasteiger partial charge in [0.15, 0.2) is 0 Å². The number of nitrogens with zero attached hydrogens (tertiary/aromatic N) is 7. The fraction of sp³-hybridized carbons (Fsp3) is 0.432. The SMILES string of the molecule is C=Cc1nn(Cc2ccccc2)c(Cl)c1CCN(C)C1CCc2ccc3c(c2N(C)C1=C)CCN(C(=C)N1CCN(C)CC1)C3. The van der Waals surface area contributed by atoms with E-state index in [4.69, 9.17) is 16.7 Å². The molecule has 0 aliphatic carbocycles. The highest BCUT2D eigenvalue weighted by Gasteiger charge is 2.31. The average Bonchev–Trinajstić information content (AvgIpc) is 3.29. The van der Waals surface area contributed by atoms with E-state index in [9.17, 15) is 0 Å². The first-order valence-corrected chi connectivity index (χ1v) is 16.7. The van der Waals surface area contributed by atoms with Crippen LogP contribution in [-0.4, -0.2) is 95.8 Å². The molecule has 1 atom stereocenters. The molecular weight excluding hydrogens is 578 g/mol. The van der Waals surface area contributed by atoms with Crippen molar-refractivity contribution in [2.75, 3.05) is 65.3 Å². The Morgan fingerprint density at radius 3 is 2.47 bits per heavy atom. The highest BCUT2D eigenvalue weighted by molar-refractivity contribution is 6.30. The number of hydrogen-bond donors (Lipinski definition) is 0. The van der Waals surface area contributed by atoms with Gasteiger partial charge in [-0.05, 0) is 68.1 Å². The largest absolute Gasteiger partial charge is 0.356 e. The van der Waals surface area contributed by atoms with Crippen LogP contribution in [0.3, 0.4) is 0 Å². The molecule has 7 nitrogen and oxygen atoms in total. The summed E-state index contributed by atoms with van der Waals surface area (Å²) in [5, 5.41) is 5.48. The molecule has 1 fully saturated rings. The zero-order valence-electron chi connectivity index (χ0n) is 27.3. The Morgan fingerprint density at radius 1 is 1.00 bits per heavy atom. The highest BCUT2D eigenvalue weighted by Crippen LogP contribution is 2.39. The van der Waals surface area contributed by atoms with E-state index in [0.29, 0.717) is 11.7 Å². The van der Waals surface area contributed by atoms with Crippen molar-refractivity contribution in [1.29, 1.82) is 0 Å². The zero-order valence-corrected chi connectivity index (χ0v) is 28.1. The predicted molar refractivity (Wildman–Crippen MR) is 188 cm³/mol. The Labute approximate surface area is 274 Å². The van der Waals surface area contributed by atoms with Gasteiger partial charge < -0.3 is 19.6 Å². The molecule has 4 heterocycles. The van der Waals surface area contributed by atoms with Gasteiger partial charge in [0.2, 0.25) is 0 Å². The summed E-state index contributed by atoms with van der Waals surface area (Å²) in [4.78, 5) is 12.2. The van der Waals surface area contributed by atoms with Crippen LogP contribution in [0.15, 0.2) is 73.7 Å². The summed E-state index contributed by atoms with van der Waals surface area (Å²) in [7, 11) is 6.63. The van der Waals surface area contributed by atoms with E-state index < -0.39 is 0 Å². The highest BCUT2D eigenvalue weighted by atomic mass is 35.5. The summed E-state index contributed by atoms with van der Waals surface area (Å²) in [5.74, 6) is 1.17. The Kier molecular flexibility index (Phi) is 9.41. The van der Waals surface area contributed by atoms with Gasteiger partial charge in [0.05, 0.1) is 18.1 Å². The van der Waals surface area contributed by atoms with Crippen LogP contribution in [0, 0.1) is 0 Å². The maximum absolute atomic E-state index is 6.91. The van der Waals surface area contributed by atoms with Gasteiger partial charge in [-0.3, -0.25) is 4.90 Å². The van der Waals surface area contributed by atoms with Crippen molar-refractivity contribution in [1.82, 2.24) is 29.4 Å². The Hall–Kier alpha value is -3.52. The minimum Gasteiger partial charge on any atom is -0.356 e. The van der Waals surface area contributed by atoms with Crippen LogP contribution >= 0.6 is 11.6 Å². The van der Waals surface area contributed by atoms with E-state index in [0.717, 1.165) is 88.5 Å². The van der Waals surface area contributed by atoms with Crippen LogP contribution in [0.1, 0.15) is 39.9 Å². The monoisotopic (exact) mass is 625 g/mol. The third-order valence-electron chi connectivity index (χ3n) is 10.2. The fourth-order valence-corrected chi connectivity index (χ4v) is 7.58. The summed E-state index contributed by atoms with van der Waals surface area (Å²) in [6.07, 6.45) is 5.72. The number of aromatic nitrogens is 2. The molecule has 0 N–H and O–H groups in total. The number of aryl methyl sites for hydroxylation is 1. The van der Waals surface area contributed by atoms with E-state index in [1.807, 2.05) is 29.0 Å². The molecular formula is C37H48ClN7. The Bertz CT molecular complexity index is 1550. The first kappa shape index (κ1) is 31.5. The van der Waals surface area contributed by atoms with E-state index in [-0.39, 0.29) is 6.04 Å². The van der Waals surface area contributed by atoms with Crippen molar-refractivity contribution in [3.05, 3.63) is 112 Å². The lowest BCUT2D eigenvalue weighted by molar-refractivity contribution is 0.134. The van der Waals surface area contributed by atoms with Gasteiger partial charge in [0, 0.05) is 75.9 Å². The van der Waals surface area contributed by atoms with Gasteiger partial charge in [-0.15, -0.1) is 0 Å². The smallest absolute Gasteiger partial charge is 0.131 e. The first-order chi connectivity index (χ1) is 21.7. The lowest BCUT2D eigenvalue weighted by Crippen LogP contribution is -2.47. The molecule has 6 rings (SSSR count). The summed E-state index contributed by atoms with van der Waals surface area (Å²) < 4.78 is 1.89. The number of likely N-dealkylation sites (N-methyl/N-ethyl adjacent to an activating group) is 3. The summed E-state index contributed by atoms with van der Waals surface area (Å²) in [5.41, 5.74) is 9.95. The second-order valence-corrected chi connectivity index (χ2v) is 13.3. The van der Waals surface area contributed by atoms with Crippen molar-refractivity contribution in [3.8, 4) is 0 Å². The maximum Gasteiger partial charge on any atom is 0.131 e. The first-order valence-electron chi connectivity index (χ1n) is 16.3. The number of hydrogen-bond acceptors (Lipinski definition) is 6. The van der Waals surface area contributed by atoms with E-state index in [1.54, 1.807) is 0 Å². The van der Waals surface area contributed by atoms with Crippen LogP contribution in [0.2, 0.25) is 5.15 Å². The molecule has 0 bridgehead atoms. The van der Waals surface area contributed by atoms with Crippen molar-refractivity contribution in [2.24, 2.45) is 0 Å². The number of rotatable bonds is 9. The quantitative estimate of drug-likeness (QED) is 0.302. The Morgan fingerprint density at radius 2 is 1.73 bits per heavy atom. The average molecular weight is 626 g/mol. The number of piperazine rings is 1. The lowest BCUT2D eigenvalue weighted by Gasteiger charge is -2.42. The molecule has 0 spiro atoms. The molecule has 0 saturated carbocycles. The molecule has 3 aliphatic rings. The minimum atomic E-state index is 0.237. The van der Waals surface area contributed by atoms with E-state index in [2.05, 4.69) is 89.6 Å². The summed E-state index contributed by atoms with van der Waals surface area (Å²) in [6.45, 7) is 20.9. The molecule has 45 heavy (non-hydrogen) atoms. The predicted octanol–water partition coefficient (Wildman–Crippen LogP) is 5.74. The van der Waals surface area contributed by atoms with E-state index >= 15 is 0 Å². The number of anilines is 1. The molecule has 2 aromatic carbocycles. The van der Waals surface area contributed by atoms with Gasteiger partial charge in [-0.1, -0.05) is 73.8 Å². The van der Waals surface area contributed by atoms with Crippen LogP contribution in [0.4, 0.5) is 5.69 Å². The second-order valence-electron chi connectivity index (χ2n) is 12.9. The van der Waals surface area contributed by atoms with Crippen molar-refractivity contribution in [2.45, 2.75) is 44.8 Å². The number of halogens is 1. The topological polar surface area (TPSA) is 34.0 Å². The van der Waals surface area contributed by atoms with Crippen LogP contribution in [-0.2, 0) is 32.4 Å². The summed E-state index contributed by atoms with van der Waals surface area (Å²) in [6, 6.07) is 15.3. The molecule has 3 aliphatic heterocycles. The normalized spacial score (nSPS) is 19.0. The van der Waals surface area contributed by atoms with Gasteiger partial charge in [0.25, 0.3) is 0 Å².